The number of hydrogen-bond acceptors (Lipinski definition) is 5. The van der Waals surface area contributed by atoms with Crippen molar-refractivity contribution in [3.63, 3.8) is 0 Å². The molecule has 1 amide bonds. The minimum absolute atomic E-state index is 0.650. The second kappa shape index (κ2) is 5.25. The topological polar surface area (TPSA) is 65.1 Å². The lowest BCUT2D eigenvalue weighted by molar-refractivity contribution is -0.123. The Balaban J connectivity index is 4.22. The van der Waals surface area contributed by atoms with E-state index in [1.807, 2.05) is 0 Å². The van der Waals surface area contributed by atoms with E-state index in [-0.39, 0.29) is 0 Å². The number of hydroxylamine groups is 2. The van der Waals surface area contributed by atoms with Crippen LogP contribution < -0.4 is 0 Å². The highest BCUT2D eigenvalue weighted by Crippen LogP contribution is 2.11. The molecule has 0 aliphatic rings. The van der Waals surface area contributed by atoms with Gasteiger partial charge in [0.05, 0.1) is 7.05 Å². The van der Waals surface area contributed by atoms with E-state index in [0.29, 0.717) is 5.06 Å². The van der Waals surface area contributed by atoms with Crippen molar-refractivity contribution in [2.24, 2.45) is 0 Å². The zero-order valence-corrected chi connectivity index (χ0v) is 11.5. The molecule has 0 saturated heterocycles. The zero-order valence-electron chi connectivity index (χ0n) is 11.5. The Labute approximate surface area is 102 Å². The Bertz CT molecular complexity index is 287. The van der Waals surface area contributed by atoms with Gasteiger partial charge in [-0.15, -0.1) is 5.06 Å². The standard InChI is InChI=1S/C11H21NO5/c1-10(2,3)15-8(13)12(7)17-9(14)16-11(4,5)6/h1-7H3. The van der Waals surface area contributed by atoms with Crippen LogP contribution in [0, 0.1) is 0 Å². The highest BCUT2D eigenvalue weighted by atomic mass is 16.8. The van der Waals surface area contributed by atoms with Crippen LogP contribution in [0.1, 0.15) is 41.5 Å². The molecule has 0 heterocycles. The van der Waals surface area contributed by atoms with E-state index < -0.39 is 23.5 Å². The summed E-state index contributed by atoms with van der Waals surface area (Å²) in [6.07, 6.45) is -1.71. The molecular weight excluding hydrogens is 226 g/mol. The van der Waals surface area contributed by atoms with Crippen LogP contribution in [-0.4, -0.2) is 35.6 Å². The van der Waals surface area contributed by atoms with Crippen molar-refractivity contribution in [1.82, 2.24) is 5.06 Å². The fraction of sp³-hybridized carbons (Fsp3) is 0.818. The number of hydrogen-bond donors (Lipinski definition) is 0. The number of amides is 1. The molecule has 0 unspecified atom stereocenters. The Morgan fingerprint density at radius 1 is 0.882 bits per heavy atom. The first-order valence-electron chi connectivity index (χ1n) is 5.28. The van der Waals surface area contributed by atoms with Gasteiger partial charge in [-0.25, -0.2) is 9.59 Å². The lowest BCUT2D eigenvalue weighted by atomic mass is 10.2. The van der Waals surface area contributed by atoms with Gasteiger partial charge in [-0.2, -0.15) is 0 Å². The van der Waals surface area contributed by atoms with Crippen LogP contribution in [-0.2, 0) is 14.3 Å². The number of rotatable bonds is 0. The third-order valence-corrected chi connectivity index (χ3v) is 1.25. The van der Waals surface area contributed by atoms with E-state index in [1.54, 1.807) is 41.5 Å². The number of ether oxygens (including phenoxy) is 2. The first-order valence-corrected chi connectivity index (χ1v) is 5.28. The third-order valence-electron chi connectivity index (χ3n) is 1.25. The van der Waals surface area contributed by atoms with E-state index in [1.165, 1.54) is 7.05 Å². The first-order chi connectivity index (χ1) is 7.41. The molecule has 0 aliphatic carbocycles. The predicted molar refractivity (Wildman–Crippen MR) is 61.3 cm³/mol. The van der Waals surface area contributed by atoms with Gasteiger partial charge in [0.25, 0.3) is 0 Å². The Kier molecular flexibility index (Phi) is 4.80. The Morgan fingerprint density at radius 3 is 1.65 bits per heavy atom. The molecular formula is C11H21NO5. The first kappa shape index (κ1) is 15.5. The molecule has 6 heteroatoms. The van der Waals surface area contributed by atoms with Crippen LogP contribution in [0.2, 0.25) is 0 Å². The average molecular weight is 247 g/mol. The van der Waals surface area contributed by atoms with Gasteiger partial charge in [0.2, 0.25) is 0 Å². The van der Waals surface area contributed by atoms with E-state index in [0.717, 1.165) is 0 Å². The molecule has 0 saturated carbocycles. The van der Waals surface area contributed by atoms with Crippen LogP contribution in [0.15, 0.2) is 0 Å². The average Bonchev–Trinajstić information content (AvgIpc) is 1.95. The highest BCUT2D eigenvalue weighted by Gasteiger charge is 2.25. The van der Waals surface area contributed by atoms with Crippen molar-refractivity contribution in [3.05, 3.63) is 0 Å². The summed E-state index contributed by atoms with van der Waals surface area (Å²) < 4.78 is 9.86. The summed E-state index contributed by atoms with van der Waals surface area (Å²) in [6.45, 7) is 10.2. The summed E-state index contributed by atoms with van der Waals surface area (Å²) in [5.41, 5.74) is -1.32. The van der Waals surface area contributed by atoms with Gasteiger partial charge in [-0.05, 0) is 41.5 Å². The minimum atomic E-state index is -0.953. The number of carbonyl (C=O) groups excluding carboxylic acids is 2. The molecule has 0 rings (SSSR count). The van der Waals surface area contributed by atoms with Crippen LogP contribution in [0.4, 0.5) is 9.59 Å². The van der Waals surface area contributed by atoms with Crippen LogP contribution in [0.3, 0.4) is 0 Å². The van der Waals surface area contributed by atoms with Crippen molar-refractivity contribution in [1.29, 1.82) is 0 Å². The van der Waals surface area contributed by atoms with Gasteiger partial charge in [0.15, 0.2) is 0 Å². The number of nitrogens with zero attached hydrogens (tertiary/aromatic N) is 1. The molecule has 0 aliphatic heterocycles. The molecule has 0 radical (unpaired) electrons. The second-order valence-corrected chi connectivity index (χ2v) is 5.53. The largest absolute Gasteiger partial charge is 0.534 e. The monoisotopic (exact) mass is 247 g/mol. The molecule has 17 heavy (non-hydrogen) atoms. The molecule has 0 aromatic rings. The SMILES string of the molecule is CN(OC(=O)OC(C)(C)C)C(=O)OC(C)(C)C. The van der Waals surface area contributed by atoms with E-state index in [2.05, 4.69) is 4.84 Å². The van der Waals surface area contributed by atoms with Gasteiger partial charge in [0.1, 0.15) is 11.2 Å². The summed E-state index contributed by atoms with van der Waals surface area (Å²) in [4.78, 5) is 27.3. The predicted octanol–water partition coefficient (Wildman–Crippen LogP) is 2.72. The normalized spacial score (nSPS) is 11.7. The molecule has 0 aromatic carbocycles. The molecule has 100 valence electrons. The summed E-state index contributed by atoms with van der Waals surface area (Å²) in [6, 6.07) is 0. The fourth-order valence-corrected chi connectivity index (χ4v) is 0.744. The van der Waals surface area contributed by atoms with E-state index >= 15 is 0 Å². The summed E-state index contributed by atoms with van der Waals surface area (Å²) in [5, 5.41) is 0.694. The van der Waals surface area contributed by atoms with Crippen LogP contribution >= 0.6 is 0 Å². The lowest BCUT2D eigenvalue weighted by Crippen LogP contribution is -2.37. The Morgan fingerprint density at radius 2 is 1.29 bits per heavy atom. The van der Waals surface area contributed by atoms with E-state index in [9.17, 15) is 9.59 Å². The maximum atomic E-state index is 11.4. The van der Waals surface area contributed by atoms with E-state index in [4.69, 9.17) is 9.47 Å². The molecule has 0 atom stereocenters. The lowest BCUT2D eigenvalue weighted by Gasteiger charge is -2.24. The zero-order chi connectivity index (χ0) is 13.9. The molecule has 0 fully saturated rings. The quantitative estimate of drug-likeness (QED) is 0.486. The Hall–Kier alpha value is -1.46. The summed E-state index contributed by atoms with van der Waals surface area (Å²) in [5.74, 6) is 0. The van der Waals surface area contributed by atoms with Crippen LogP contribution in [0.25, 0.3) is 0 Å². The van der Waals surface area contributed by atoms with Crippen molar-refractivity contribution in [2.45, 2.75) is 52.7 Å². The van der Waals surface area contributed by atoms with Crippen LogP contribution in [0.5, 0.6) is 0 Å². The minimum Gasteiger partial charge on any atom is -0.442 e. The fourth-order valence-electron chi connectivity index (χ4n) is 0.744. The molecule has 0 spiro atoms. The third kappa shape index (κ3) is 8.36. The molecule has 6 nitrogen and oxygen atoms in total. The maximum Gasteiger partial charge on any atom is 0.534 e. The number of carbonyl (C=O) groups is 2. The van der Waals surface area contributed by atoms with Crippen molar-refractivity contribution >= 4 is 12.2 Å². The maximum absolute atomic E-state index is 11.4. The van der Waals surface area contributed by atoms with Gasteiger partial charge < -0.3 is 14.3 Å². The molecule has 0 aromatic heterocycles. The van der Waals surface area contributed by atoms with Crippen molar-refractivity contribution in [2.75, 3.05) is 7.05 Å². The van der Waals surface area contributed by atoms with Gasteiger partial charge >= 0.3 is 12.2 Å². The molecule has 0 N–H and O–H groups in total. The smallest absolute Gasteiger partial charge is 0.442 e. The highest BCUT2D eigenvalue weighted by molar-refractivity contribution is 5.69. The second-order valence-electron chi connectivity index (χ2n) is 5.53. The molecule has 0 bridgehead atoms. The summed E-state index contributed by atoms with van der Waals surface area (Å²) >= 11 is 0. The summed E-state index contributed by atoms with van der Waals surface area (Å²) in [7, 11) is 1.28. The van der Waals surface area contributed by atoms with Gasteiger partial charge in [-0.3, -0.25) is 0 Å². The van der Waals surface area contributed by atoms with Gasteiger partial charge in [0, 0.05) is 0 Å². The van der Waals surface area contributed by atoms with Crippen molar-refractivity contribution in [3.8, 4) is 0 Å². The van der Waals surface area contributed by atoms with Gasteiger partial charge in [-0.1, -0.05) is 0 Å². The van der Waals surface area contributed by atoms with Crippen molar-refractivity contribution < 1.29 is 23.9 Å².